The van der Waals surface area contributed by atoms with Crippen molar-refractivity contribution in [2.24, 2.45) is 5.73 Å². The number of benzene rings is 2. The molecule has 98 valence electrons. The van der Waals surface area contributed by atoms with E-state index in [9.17, 15) is 4.79 Å². The van der Waals surface area contributed by atoms with E-state index >= 15 is 0 Å². The third kappa shape index (κ3) is 3.25. The lowest BCUT2D eigenvalue weighted by Crippen LogP contribution is -2.19. The maximum atomic E-state index is 10.6. The Kier molecular flexibility index (Phi) is 4.03. The summed E-state index contributed by atoms with van der Waals surface area (Å²) in [5, 5.41) is 0. The smallest absolute Gasteiger partial charge is 0.255 e. The molecule has 2 aromatic rings. The van der Waals surface area contributed by atoms with Gasteiger partial charge in [0, 0.05) is 5.56 Å². The van der Waals surface area contributed by atoms with Gasteiger partial charge in [0.2, 0.25) is 0 Å². The summed E-state index contributed by atoms with van der Waals surface area (Å²) in [6.45, 7) is -0.117. The van der Waals surface area contributed by atoms with Crippen LogP contribution in [-0.4, -0.2) is 19.6 Å². The highest BCUT2D eigenvalue weighted by atomic mass is 16.5. The van der Waals surface area contributed by atoms with Crippen LogP contribution in [0.15, 0.2) is 48.5 Å². The molecule has 0 unspecified atom stereocenters. The number of ether oxygens (including phenoxy) is 2. The van der Waals surface area contributed by atoms with E-state index in [1.54, 1.807) is 19.2 Å². The van der Waals surface area contributed by atoms with Crippen LogP contribution in [0.5, 0.6) is 11.5 Å². The Hall–Kier alpha value is -2.49. The number of hydrogen-bond donors (Lipinski definition) is 1. The van der Waals surface area contributed by atoms with Crippen molar-refractivity contribution in [1.82, 2.24) is 0 Å². The molecule has 2 N–H and O–H groups in total. The van der Waals surface area contributed by atoms with Crippen LogP contribution in [0.3, 0.4) is 0 Å². The number of carbonyl (C=O) groups is 1. The Labute approximate surface area is 111 Å². The molecule has 4 nitrogen and oxygen atoms in total. The molecular formula is C15H15NO3. The molecule has 0 saturated carbocycles. The topological polar surface area (TPSA) is 61.6 Å². The van der Waals surface area contributed by atoms with E-state index in [0.717, 1.165) is 16.9 Å². The fourth-order valence-corrected chi connectivity index (χ4v) is 1.77. The highest BCUT2D eigenvalue weighted by molar-refractivity contribution is 5.75. The molecule has 0 aliphatic carbocycles. The first-order chi connectivity index (χ1) is 9.20. The highest BCUT2D eigenvalue weighted by Gasteiger charge is 2.05. The fourth-order valence-electron chi connectivity index (χ4n) is 1.77. The Morgan fingerprint density at radius 2 is 1.79 bits per heavy atom. The second-order valence-corrected chi connectivity index (χ2v) is 3.98. The molecule has 0 radical (unpaired) electrons. The summed E-state index contributed by atoms with van der Waals surface area (Å²) in [6, 6.07) is 15.2. The number of para-hydroxylation sites is 1. The van der Waals surface area contributed by atoms with Gasteiger partial charge in [0.05, 0.1) is 7.11 Å². The van der Waals surface area contributed by atoms with Crippen LogP contribution in [0.1, 0.15) is 0 Å². The molecule has 0 fully saturated rings. The van der Waals surface area contributed by atoms with Crippen LogP contribution < -0.4 is 15.2 Å². The second-order valence-electron chi connectivity index (χ2n) is 3.98. The summed E-state index contributed by atoms with van der Waals surface area (Å²) in [5.74, 6) is 0.930. The fraction of sp³-hybridized carbons (Fsp3) is 0.133. The molecule has 4 heteroatoms. The summed E-state index contributed by atoms with van der Waals surface area (Å²) < 4.78 is 10.5. The molecule has 2 aromatic carbocycles. The number of carbonyl (C=O) groups excluding carboxylic acids is 1. The first-order valence-electron chi connectivity index (χ1n) is 5.85. The summed E-state index contributed by atoms with van der Waals surface area (Å²) in [7, 11) is 1.64. The van der Waals surface area contributed by atoms with Crippen LogP contribution in [0.25, 0.3) is 11.1 Å². The van der Waals surface area contributed by atoms with Gasteiger partial charge in [-0.1, -0.05) is 30.3 Å². The van der Waals surface area contributed by atoms with Crippen LogP contribution in [0.4, 0.5) is 0 Å². The highest BCUT2D eigenvalue weighted by Crippen LogP contribution is 2.30. The minimum absolute atomic E-state index is 0.117. The van der Waals surface area contributed by atoms with E-state index < -0.39 is 5.91 Å². The number of primary amides is 1. The second kappa shape index (κ2) is 5.91. The van der Waals surface area contributed by atoms with Gasteiger partial charge in [-0.15, -0.1) is 0 Å². The van der Waals surface area contributed by atoms with Crippen molar-refractivity contribution in [2.45, 2.75) is 0 Å². The molecule has 0 bridgehead atoms. The first-order valence-corrected chi connectivity index (χ1v) is 5.85. The van der Waals surface area contributed by atoms with Crippen molar-refractivity contribution in [3.8, 4) is 22.6 Å². The third-order valence-electron chi connectivity index (χ3n) is 2.65. The lowest BCUT2D eigenvalue weighted by molar-refractivity contribution is -0.119. The minimum Gasteiger partial charge on any atom is -0.496 e. The zero-order valence-electron chi connectivity index (χ0n) is 10.6. The van der Waals surface area contributed by atoms with Crippen LogP contribution in [-0.2, 0) is 4.79 Å². The van der Waals surface area contributed by atoms with Crippen molar-refractivity contribution in [2.75, 3.05) is 13.7 Å². The monoisotopic (exact) mass is 257 g/mol. The Bertz CT molecular complexity index is 564. The van der Waals surface area contributed by atoms with E-state index in [2.05, 4.69) is 0 Å². The van der Waals surface area contributed by atoms with Gasteiger partial charge in [-0.05, 0) is 23.8 Å². The lowest BCUT2D eigenvalue weighted by Gasteiger charge is -2.09. The predicted octanol–water partition coefficient (Wildman–Crippen LogP) is 2.23. The van der Waals surface area contributed by atoms with Gasteiger partial charge < -0.3 is 15.2 Å². The lowest BCUT2D eigenvalue weighted by atomic mass is 10.0. The molecule has 0 aliphatic heterocycles. The maximum absolute atomic E-state index is 10.6. The largest absolute Gasteiger partial charge is 0.496 e. The minimum atomic E-state index is -0.492. The maximum Gasteiger partial charge on any atom is 0.255 e. The van der Waals surface area contributed by atoms with Gasteiger partial charge in [-0.25, -0.2) is 0 Å². The van der Waals surface area contributed by atoms with Crippen molar-refractivity contribution in [3.63, 3.8) is 0 Å². The summed E-state index contributed by atoms with van der Waals surface area (Å²) in [6.07, 6.45) is 0. The number of nitrogens with two attached hydrogens (primary N) is 1. The van der Waals surface area contributed by atoms with Crippen molar-refractivity contribution in [3.05, 3.63) is 48.5 Å². The van der Waals surface area contributed by atoms with Crippen LogP contribution in [0, 0.1) is 0 Å². The molecule has 0 aliphatic rings. The van der Waals surface area contributed by atoms with Gasteiger partial charge in [-0.2, -0.15) is 0 Å². The molecule has 0 heterocycles. The number of rotatable bonds is 5. The molecule has 1 amide bonds. The molecule has 0 aromatic heterocycles. The summed E-state index contributed by atoms with van der Waals surface area (Å²) >= 11 is 0. The van der Waals surface area contributed by atoms with E-state index in [1.165, 1.54) is 0 Å². The summed E-state index contributed by atoms with van der Waals surface area (Å²) in [5.41, 5.74) is 7.04. The SMILES string of the molecule is COc1ccccc1-c1ccc(OCC(N)=O)cc1. The van der Waals surface area contributed by atoms with Gasteiger partial charge in [-0.3, -0.25) is 4.79 Å². The Balaban J connectivity index is 2.20. The standard InChI is InChI=1S/C15H15NO3/c1-18-14-5-3-2-4-13(14)11-6-8-12(9-7-11)19-10-15(16)17/h2-9H,10H2,1H3,(H2,16,17). The van der Waals surface area contributed by atoms with Crippen molar-refractivity contribution >= 4 is 5.91 Å². The van der Waals surface area contributed by atoms with Crippen molar-refractivity contribution < 1.29 is 14.3 Å². The Morgan fingerprint density at radius 3 is 2.42 bits per heavy atom. The molecule has 0 saturated heterocycles. The van der Waals surface area contributed by atoms with Gasteiger partial charge >= 0.3 is 0 Å². The molecular weight excluding hydrogens is 242 g/mol. The zero-order chi connectivity index (χ0) is 13.7. The Morgan fingerprint density at radius 1 is 1.11 bits per heavy atom. The van der Waals surface area contributed by atoms with E-state index in [1.807, 2.05) is 36.4 Å². The predicted molar refractivity (Wildman–Crippen MR) is 73.1 cm³/mol. The van der Waals surface area contributed by atoms with Crippen molar-refractivity contribution in [1.29, 1.82) is 0 Å². The molecule has 0 atom stereocenters. The van der Waals surface area contributed by atoms with Crippen LogP contribution in [0.2, 0.25) is 0 Å². The normalized spacial score (nSPS) is 9.95. The van der Waals surface area contributed by atoms with Crippen LogP contribution >= 0.6 is 0 Å². The molecule has 2 rings (SSSR count). The first kappa shape index (κ1) is 13.0. The van der Waals surface area contributed by atoms with Gasteiger partial charge in [0.15, 0.2) is 6.61 Å². The van der Waals surface area contributed by atoms with Gasteiger partial charge in [0.25, 0.3) is 5.91 Å². The average molecular weight is 257 g/mol. The number of amides is 1. The molecule has 0 spiro atoms. The number of methoxy groups -OCH3 is 1. The number of hydrogen-bond acceptors (Lipinski definition) is 3. The molecule has 19 heavy (non-hydrogen) atoms. The van der Waals surface area contributed by atoms with Gasteiger partial charge in [0.1, 0.15) is 11.5 Å². The van der Waals surface area contributed by atoms with E-state index in [-0.39, 0.29) is 6.61 Å². The zero-order valence-corrected chi connectivity index (χ0v) is 10.6. The summed E-state index contributed by atoms with van der Waals surface area (Å²) in [4.78, 5) is 10.6. The average Bonchev–Trinajstić information content (AvgIpc) is 2.45. The van der Waals surface area contributed by atoms with E-state index in [0.29, 0.717) is 5.75 Å². The quantitative estimate of drug-likeness (QED) is 0.893. The van der Waals surface area contributed by atoms with E-state index in [4.69, 9.17) is 15.2 Å². The third-order valence-corrected chi connectivity index (χ3v) is 2.65.